The van der Waals surface area contributed by atoms with Gasteiger partial charge in [0.05, 0.1) is 24.4 Å². The lowest BCUT2D eigenvalue weighted by atomic mass is 10.2. The third-order valence-corrected chi connectivity index (χ3v) is 4.65. The first-order valence-electron chi connectivity index (χ1n) is 8.53. The van der Waals surface area contributed by atoms with Crippen LogP contribution in [0.3, 0.4) is 0 Å². The number of hydrogen-bond donors (Lipinski definition) is 1. The largest absolute Gasteiger partial charge is 0.472 e. The summed E-state index contributed by atoms with van der Waals surface area (Å²) in [5.74, 6) is 1.31. The number of nitrogens with zero attached hydrogens (tertiary/aromatic N) is 3. The fraction of sp³-hybridized carbons (Fsp3) is 0.444. The van der Waals surface area contributed by atoms with E-state index in [0.29, 0.717) is 0 Å². The van der Waals surface area contributed by atoms with E-state index in [2.05, 4.69) is 20.1 Å². The van der Waals surface area contributed by atoms with E-state index in [1.165, 1.54) is 5.56 Å². The predicted molar refractivity (Wildman–Crippen MR) is 91.8 cm³/mol. The zero-order chi connectivity index (χ0) is 16.4. The summed E-state index contributed by atoms with van der Waals surface area (Å²) < 4.78 is 5.13. The monoisotopic (exact) mass is 326 g/mol. The number of hydrogen-bond acceptors (Lipinski definition) is 5. The van der Waals surface area contributed by atoms with Gasteiger partial charge in [-0.3, -0.25) is 9.69 Å². The van der Waals surface area contributed by atoms with E-state index in [9.17, 15) is 4.79 Å². The Morgan fingerprint density at radius 2 is 2.04 bits per heavy atom. The van der Waals surface area contributed by atoms with Crippen molar-refractivity contribution in [1.29, 1.82) is 0 Å². The Bertz CT molecular complexity index is 672. The Balaban J connectivity index is 1.29. The van der Waals surface area contributed by atoms with Gasteiger partial charge in [0, 0.05) is 44.2 Å². The number of amides is 1. The van der Waals surface area contributed by atoms with Gasteiger partial charge in [-0.15, -0.1) is 0 Å². The number of furan rings is 1. The molecule has 0 atom stereocenters. The van der Waals surface area contributed by atoms with E-state index in [-0.39, 0.29) is 11.8 Å². The number of aromatic nitrogens is 1. The molecule has 0 spiro atoms. The second-order valence-corrected chi connectivity index (χ2v) is 6.56. The van der Waals surface area contributed by atoms with Crippen LogP contribution in [0.5, 0.6) is 0 Å². The second-order valence-electron chi connectivity index (χ2n) is 6.56. The smallest absolute Gasteiger partial charge is 0.227 e. The summed E-state index contributed by atoms with van der Waals surface area (Å²) in [4.78, 5) is 21.0. The maximum absolute atomic E-state index is 11.8. The van der Waals surface area contributed by atoms with Crippen LogP contribution in [0.1, 0.15) is 18.4 Å². The number of piperazine rings is 1. The van der Waals surface area contributed by atoms with Gasteiger partial charge >= 0.3 is 0 Å². The first-order valence-corrected chi connectivity index (χ1v) is 8.53. The molecule has 0 bridgehead atoms. The predicted octanol–water partition coefficient (Wildman–Crippen LogP) is 2.35. The van der Waals surface area contributed by atoms with Gasteiger partial charge < -0.3 is 14.6 Å². The first kappa shape index (κ1) is 15.2. The summed E-state index contributed by atoms with van der Waals surface area (Å²) in [6.45, 7) is 4.86. The molecule has 0 aromatic carbocycles. The molecule has 6 heteroatoms. The van der Waals surface area contributed by atoms with Crippen molar-refractivity contribution in [3.8, 4) is 0 Å². The number of carbonyl (C=O) groups excluding carboxylic acids is 1. The van der Waals surface area contributed by atoms with E-state index in [1.54, 1.807) is 12.5 Å². The van der Waals surface area contributed by atoms with Crippen LogP contribution in [0.25, 0.3) is 0 Å². The Kier molecular flexibility index (Phi) is 4.21. The van der Waals surface area contributed by atoms with Crippen molar-refractivity contribution in [3.05, 3.63) is 42.5 Å². The Morgan fingerprint density at radius 3 is 2.67 bits per heavy atom. The molecule has 1 aliphatic carbocycles. The molecule has 1 N–H and O–H groups in total. The number of rotatable bonds is 5. The number of carbonyl (C=O) groups is 1. The zero-order valence-electron chi connectivity index (χ0n) is 13.6. The van der Waals surface area contributed by atoms with Crippen molar-refractivity contribution >= 4 is 17.4 Å². The fourth-order valence-corrected chi connectivity index (χ4v) is 3.01. The van der Waals surface area contributed by atoms with Crippen LogP contribution in [0, 0.1) is 5.92 Å². The highest BCUT2D eigenvalue weighted by Crippen LogP contribution is 2.30. The minimum absolute atomic E-state index is 0.123. The highest BCUT2D eigenvalue weighted by Gasteiger charge is 2.29. The van der Waals surface area contributed by atoms with Crippen molar-refractivity contribution < 1.29 is 9.21 Å². The summed E-state index contributed by atoms with van der Waals surface area (Å²) in [7, 11) is 0. The highest BCUT2D eigenvalue weighted by molar-refractivity contribution is 5.93. The summed E-state index contributed by atoms with van der Waals surface area (Å²) in [6.07, 6.45) is 7.32. The number of pyridine rings is 1. The summed E-state index contributed by atoms with van der Waals surface area (Å²) >= 11 is 0. The van der Waals surface area contributed by atoms with Crippen LogP contribution in [0.15, 0.2) is 41.3 Å². The molecular weight excluding hydrogens is 304 g/mol. The fourth-order valence-electron chi connectivity index (χ4n) is 3.01. The van der Waals surface area contributed by atoms with Crippen molar-refractivity contribution in [2.75, 3.05) is 36.4 Å². The summed E-state index contributed by atoms with van der Waals surface area (Å²) in [6, 6.07) is 5.96. The van der Waals surface area contributed by atoms with Crippen LogP contribution in [-0.4, -0.2) is 42.0 Å². The van der Waals surface area contributed by atoms with Crippen LogP contribution in [0.2, 0.25) is 0 Å². The molecule has 3 heterocycles. The van der Waals surface area contributed by atoms with Gasteiger partial charge in [-0.05, 0) is 31.0 Å². The highest BCUT2D eigenvalue weighted by atomic mass is 16.3. The van der Waals surface area contributed by atoms with Crippen LogP contribution in [-0.2, 0) is 11.3 Å². The molecule has 126 valence electrons. The summed E-state index contributed by atoms with van der Waals surface area (Å²) in [5, 5.41) is 2.93. The van der Waals surface area contributed by atoms with Gasteiger partial charge in [0.15, 0.2) is 0 Å². The minimum atomic E-state index is 0.123. The Labute approximate surface area is 141 Å². The van der Waals surface area contributed by atoms with Crippen LogP contribution < -0.4 is 10.2 Å². The first-order chi connectivity index (χ1) is 11.8. The van der Waals surface area contributed by atoms with Gasteiger partial charge in [-0.25, -0.2) is 4.98 Å². The molecular formula is C18H22N4O2. The van der Waals surface area contributed by atoms with Gasteiger partial charge in [0.1, 0.15) is 5.82 Å². The lowest BCUT2D eigenvalue weighted by Crippen LogP contribution is -2.46. The molecule has 0 unspecified atom stereocenters. The van der Waals surface area contributed by atoms with Crippen molar-refractivity contribution in [1.82, 2.24) is 9.88 Å². The van der Waals surface area contributed by atoms with Crippen LogP contribution in [0.4, 0.5) is 11.5 Å². The van der Waals surface area contributed by atoms with E-state index in [1.807, 2.05) is 24.5 Å². The topological polar surface area (TPSA) is 61.6 Å². The maximum Gasteiger partial charge on any atom is 0.227 e. The molecule has 1 saturated heterocycles. The molecule has 4 rings (SSSR count). The number of nitrogens with one attached hydrogen (secondary N) is 1. The van der Waals surface area contributed by atoms with Gasteiger partial charge in [-0.2, -0.15) is 0 Å². The average Bonchev–Trinajstić information content (AvgIpc) is 3.35. The average molecular weight is 326 g/mol. The zero-order valence-corrected chi connectivity index (χ0v) is 13.6. The maximum atomic E-state index is 11.8. The molecule has 1 aliphatic heterocycles. The Morgan fingerprint density at radius 1 is 1.21 bits per heavy atom. The molecule has 1 saturated carbocycles. The van der Waals surface area contributed by atoms with Crippen molar-refractivity contribution in [2.24, 2.45) is 5.92 Å². The number of anilines is 2. The van der Waals surface area contributed by atoms with E-state index in [4.69, 9.17) is 4.42 Å². The SMILES string of the molecule is O=C(Nc1ccc(N2CCN(Cc3ccoc3)CC2)nc1)C1CC1. The van der Waals surface area contributed by atoms with Gasteiger partial charge in [0.25, 0.3) is 0 Å². The molecule has 6 nitrogen and oxygen atoms in total. The normalized spacial score (nSPS) is 18.6. The summed E-state index contributed by atoms with van der Waals surface area (Å²) in [5.41, 5.74) is 2.01. The quantitative estimate of drug-likeness (QED) is 0.914. The molecule has 2 aromatic heterocycles. The van der Waals surface area contributed by atoms with E-state index < -0.39 is 0 Å². The molecule has 0 radical (unpaired) electrons. The third kappa shape index (κ3) is 3.59. The van der Waals surface area contributed by atoms with Crippen LogP contribution >= 0.6 is 0 Å². The standard InChI is InChI=1S/C18H22N4O2/c23-18(15-1-2-15)20-16-3-4-17(19-11-16)22-8-6-21(7-9-22)12-14-5-10-24-13-14/h3-5,10-11,13,15H,1-2,6-9,12H2,(H,20,23). The van der Waals surface area contributed by atoms with Gasteiger partial charge in [0.2, 0.25) is 5.91 Å². The molecule has 2 aromatic rings. The second kappa shape index (κ2) is 6.65. The molecule has 2 aliphatic rings. The molecule has 2 fully saturated rings. The van der Waals surface area contributed by atoms with Gasteiger partial charge in [-0.1, -0.05) is 0 Å². The lowest BCUT2D eigenvalue weighted by molar-refractivity contribution is -0.117. The van der Waals surface area contributed by atoms with E-state index >= 15 is 0 Å². The minimum Gasteiger partial charge on any atom is -0.472 e. The third-order valence-electron chi connectivity index (χ3n) is 4.65. The van der Waals surface area contributed by atoms with E-state index in [0.717, 1.165) is 57.1 Å². The molecule has 24 heavy (non-hydrogen) atoms. The Hall–Kier alpha value is -2.34. The lowest BCUT2D eigenvalue weighted by Gasteiger charge is -2.35. The van der Waals surface area contributed by atoms with Crippen molar-refractivity contribution in [2.45, 2.75) is 19.4 Å². The van der Waals surface area contributed by atoms with Crippen molar-refractivity contribution in [3.63, 3.8) is 0 Å². The molecule has 1 amide bonds.